The molecule has 3 nitrogen and oxygen atoms in total. The number of aromatic nitrogens is 1. The summed E-state index contributed by atoms with van der Waals surface area (Å²) in [6.07, 6.45) is 0. The first kappa shape index (κ1) is 16.1. The molecule has 0 spiro atoms. The van der Waals surface area contributed by atoms with Crippen molar-refractivity contribution in [3.63, 3.8) is 0 Å². The Kier molecular flexibility index (Phi) is 4.59. The van der Waals surface area contributed by atoms with Gasteiger partial charge in [0.1, 0.15) is 0 Å². The predicted molar refractivity (Wildman–Crippen MR) is 99.7 cm³/mol. The third-order valence-corrected chi connectivity index (χ3v) is 6.15. The lowest BCUT2D eigenvalue weighted by Gasteiger charge is -2.04. The lowest BCUT2D eigenvalue weighted by Crippen LogP contribution is -1.92. The molecule has 0 fully saturated rings. The maximum atomic E-state index is 6.31. The number of hydrogen-bond acceptors (Lipinski definition) is 5. The van der Waals surface area contributed by atoms with Crippen LogP contribution in [-0.4, -0.2) is 11.8 Å². The second-order valence-corrected chi connectivity index (χ2v) is 8.02. The second-order valence-electron chi connectivity index (χ2n) is 5.09. The summed E-state index contributed by atoms with van der Waals surface area (Å²) in [6, 6.07) is 11.4. The number of ether oxygens (including phenoxy) is 2. The van der Waals surface area contributed by atoms with Crippen molar-refractivity contribution in [2.24, 2.45) is 0 Å². The summed E-state index contributed by atoms with van der Waals surface area (Å²) in [5, 5.41) is 3.43. The van der Waals surface area contributed by atoms with Gasteiger partial charge in [0.15, 0.2) is 15.8 Å². The molecule has 0 amide bonds. The molecule has 2 heterocycles. The fourth-order valence-corrected chi connectivity index (χ4v) is 4.63. The van der Waals surface area contributed by atoms with E-state index in [4.69, 9.17) is 32.7 Å². The fourth-order valence-electron chi connectivity index (χ4n) is 2.31. The zero-order valence-corrected chi connectivity index (χ0v) is 15.4. The van der Waals surface area contributed by atoms with Gasteiger partial charge in [-0.1, -0.05) is 47.1 Å². The first-order chi connectivity index (χ1) is 11.7. The van der Waals surface area contributed by atoms with Gasteiger partial charge in [-0.05, 0) is 23.8 Å². The molecule has 0 bridgehead atoms. The van der Waals surface area contributed by atoms with Gasteiger partial charge in [-0.25, -0.2) is 4.98 Å². The van der Waals surface area contributed by atoms with Crippen LogP contribution in [0.5, 0.6) is 11.5 Å². The average molecular weight is 396 g/mol. The minimum absolute atomic E-state index is 0.248. The molecule has 24 heavy (non-hydrogen) atoms. The highest BCUT2D eigenvalue weighted by Crippen LogP contribution is 2.39. The molecular weight excluding hydrogens is 385 g/mol. The normalized spacial score (nSPS) is 12.6. The van der Waals surface area contributed by atoms with Crippen LogP contribution < -0.4 is 9.47 Å². The molecular formula is C17H11Cl2NO2S2. The molecule has 2 aromatic carbocycles. The molecule has 3 aromatic rings. The Bertz CT molecular complexity index is 898. The van der Waals surface area contributed by atoms with E-state index in [1.165, 1.54) is 0 Å². The summed E-state index contributed by atoms with van der Waals surface area (Å²) >= 11 is 15.6. The first-order valence-electron chi connectivity index (χ1n) is 7.11. The second kappa shape index (κ2) is 6.84. The van der Waals surface area contributed by atoms with Gasteiger partial charge in [-0.2, -0.15) is 0 Å². The van der Waals surface area contributed by atoms with E-state index in [0.717, 1.165) is 32.7 Å². The molecule has 0 saturated heterocycles. The maximum Gasteiger partial charge on any atom is 0.231 e. The number of nitrogens with zero attached hydrogens (tertiary/aromatic N) is 1. The topological polar surface area (TPSA) is 31.4 Å². The van der Waals surface area contributed by atoms with Crippen LogP contribution >= 0.6 is 46.3 Å². The Labute approximate surface area is 157 Å². The molecule has 1 aliphatic rings. The van der Waals surface area contributed by atoms with Crippen LogP contribution in [0.25, 0.3) is 11.3 Å². The van der Waals surface area contributed by atoms with E-state index >= 15 is 0 Å². The van der Waals surface area contributed by atoms with E-state index in [-0.39, 0.29) is 6.79 Å². The monoisotopic (exact) mass is 395 g/mol. The Morgan fingerprint density at radius 3 is 2.79 bits per heavy atom. The summed E-state index contributed by atoms with van der Waals surface area (Å²) in [7, 11) is 0. The summed E-state index contributed by atoms with van der Waals surface area (Å²) in [6.45, 7) is 0.248. The van der Waals surface area contributed by atoms with Gasteiger partial charge < -0.3 is 9.47 Å². The van der Waals surface area contributed by atoms with Gasteiger partial charge in [0.25, 0.3) is 0 Å². The SMILES string of the molecule is Clc1cccc(-c2csc(SCc3cc4c(cc3Cl)OCO4)n2)c1. The largest absolute Gasteiger partial charge is 0.454 e. The smallest absolute Gasteiger partial charge is 0.231 e. The van der Waals surface area contributed by atoms with E-state index in [1.54, 1.807) is 29.2 Å². The van der Waals surface area contributed by atoms with E-state index in [9.17, 15) is 0 Å². The Morgan fingerprint density at radius 2 is 1.96 bits per heavy atom. The first-order valence-corrected chi connectivity index (χ1v) is 9.73. The predicted octanol–water partition coefficient (Wildman–Crippen LogP) is 6.14. The van der Waals surface area contributed by atoms with Crippen LogP contribution in [0, 0.1) is 0 Å². The third-order valence-electron chi connectivity index (χ3n) is 3.50. The van der Waals surface area contributed by atoms with Gasteiger partial charge in [0, 0.05) is 32.8 Å². The van der Waals surface area contributed by atoms with Gasteiger partial charge in [-0.3, -0.25) is 0 Å². The van der Waals surface area contributed by atoms with Crippen molar-refractivity contribution >= 4 is 46.3 Å². The van der Waals surface area contributed by atoms with Crippen molar-refractivity contribution < 1.29 is 9.47 Å². The number of halogens is 2. The molecule has 1 aliphatic heterocycles. The van der Waals surface area contributed by atoms with Crippen LogP contribution in [-0.2, 0) is 5.75 Å². The van der Waals surface area contributed by atoms with Crippen LogP contribution in [0.2, 0.25) is 10.0 Å². The number of thioether (sulfide) groups is 1. The van der Waals surface area contributed by atoms with E-state index in [2.05, 4.69) is 4.98 Å². The summed E-state index contributed by atoms with van der Waals surface area (Å²) in [5.74, 6) is 2.16. The number of benzene rings is 2. The van der Waals surface area contributed by atoms with Crippen molar-refractivity contribution in [3.05, 3.63) is 57.4 Å². The molecule has 0 atom stereocenters. The molecule has 0 unspecified atom stereocenters. The van der Waals surface area contributed by atoms with Crippen molar-refractivity contribution in [2.45, 2.75) is 10.1 Å². The quantitative estimate of drug-likeness (QED) is 0.496. The average Bonchev–Trinajstić information content (AvgIpc) is 3.21. The molecule has 7 heteroatoms. The summed E-state index contributed by atoms with van der Waals surface area (Å²) < 4.78 is 11.7. The number of hydrogen-bond donors (Lipinski definition) is 0. The van der Waals surface area contributed by atoms with Crippen LogP contribution in [0.4, 0.5) is 0 Å². The Balaban J connectivity index is 1.49. The minimum Gasteiger partial charge on any atom is -0.454 e. The molecule has 122 valence electrons. The standard InChI is InChI=1S/C17H11Cl2NO2S2/c18-12-3-1-2-10(4-12)14-8-24-17(20-14)23-7-11-5-15-16(6-13(11)19)22-9-21-15/h1-6,8H,7,9H2. The van der Waals surface area contributed by atoms with E-state index in [0.29, 0.717) is 15.8 Å². The van der Waals surface area contributed by atoms with E-state index < -0.39 is 0 Å². The number of thiazole rings is 1. The highest BCUT2D eigenvalue weighted by molar-refractivity contribution is 8.00. The molecule has 0 saturated carbocycles. The molecule has 4 rings (SSSR count). The highest BCUT2D eigenvalue weighted by Gasteiger charge is 2.17. The van der Waals surface area contributed by atoms with Crippen molar-refractivity contribution in [1.82, 2.24) is 4.98 Å². The van der Waals surface area contributed by atoms with Gasteiger partial charge >= 0.3 is 0 Å². The van der Waals surface area contributed by atoms with Crippen molar-refractivity contribution in [1.29, 1.82) is 0 Å². The molecule has 0 radical (unpaired) electrons. The zero-order valence-electron chi connectivity index (χ0n) is 12.3. The minimum atomic E-state index is 0.248. The van der Waals surface area contributed by atoms with Gasteiger partial charge in [-0.15, -0.1) is 11.3 Å². The number of fused-ring (bicyclic) bond motifs is 1. The Hall–Kier alpha value is -1.40. The zero-order chi connectivity index (χ0) is 16.5. The van der Waals surface area contributed by atoms with Gasteiger partial charge in [0.2, 0.25) is 6.79 Å². The lowest BCUT2D eigenvalue weighted by atomic mass is 10.2. The highest BCUT2D eigenvalue weighted by atomic mass is 35.5. The fraction of sp³-hybridized carbons (Fsp3) is 0.118. The molecule has 0 aliphatic carbocycles. The lowest BCUT2D eigenvalue weighted by molar-refractivity contribution is 0.174. The van der Waals surface area contributed by atoms with Crippen LogP contribution in [0.1, 0.15) is 5.56 Å². The van der Waals surface area contributed by atoms with E-state index in [1.807, 2.05) is 35.7 Å². The third kappa shape index (κ3) is 3.35. The summed E-state index contributed by atoms with van der Waals surface area (Å²) in [4.78, 5) is 4.66. The number of rotatable bonds is 4. The summed E-state index contributed by atoms with van der Waals surface area (Å²) in [5.41, 5.74) is 2.96. The molecule has 1 aromatic heterocycles. The van der Waals surface area contributed by atoms with Crippen LogP contribution in [0.15, 0.2) is 46.1 Å². The van der Waals surface area contributed by atoms with Crippen molar-refractivity contribution in [3.8, 4) is 22.8 Å². The van der Waals surface area contributed by atoms with Crippen molar-refractivity contribution in [2.75, 3.05) is 6.79 Å². The molecule has 0 N–H and O–H groups in total. The maximum absolute atomic E-state index is 6.31. The Morgan fingerprint density at radius 1 is 1.12 bits per heavy atom. The van der Waals surface area contributed by atoms with Gasteiger partial charge in [0.05, 0.1) is 5.69 Å². The van der Waals surface area contributed by atoms with Crippen LogP contribution in [0.3, 0.4) is 0 Å².